The fourth-order valence-electron chi connectivity index (χ4n) is 2.39. The molecule has 0 heterocycles. The summed E-state index contributed by atoms with van der Waals surface area (Å²) >= 11 is 0. The van der Waals surface area contributed by atoms with Gasteiger partial charge in [0.25, 0.3) is 0 Å². The van der Waals surface area contributed by atoms with Gasteiger partial charge in [-0.15, -0.1) is 0 Å². The van der Waals surface area contributed by atoms with Gasteiger partial charge in [-0.1, -0.05) is 61.0 Å². The average Bonchev–Trinajstić information content (AvgIpc) is 2.39. The molecule has 0 saturated carbocycles. The van der Waals surface area contributed by atoms with Crippen LogP contribution in [0.15, 0.2) is 48.5 Å². The standard InChI is InChI=1S/C18H20O/c1-13-8-10-16(11-9-13)18(19)12-15(3)17-7-5-4-6-14(17)2/h4-11,15H,12H2,1-3H3/t15-/m1/s1. The largest absolute Gasteiger partial charge is 0.294 e. The quantitative estimate of drug-likeness (QED) is 0.722. The summed E-state index contributed by atoms with van der Waals surface area (Å²) < 4.78 is 0. The van der Waals surface area contributed by atoms with E-state index in [0.29, 0.717) is 6.42 Å². The average molecular weight is 252 g/mol. The molecule has 0 aliphatic heterocycles. The second-order valence-electron chi connectivity index (χ2n) is 5.25. The minimum absolute atomic E-state index is 0.218. The predicted molar refractivity (Wildman–Crippen MR) is 79.7 cm³/mol. The smallest absolute Gasteiger partial charge is 0.163 e. The van der Waals surface area contributed by atoms with Crippen molar-refractivity contribution in [1.82, 2.24) is 0 Å². The van der Waals surface area contributed by atoms with Gasteiger partial charge in [0.2, 0.25) is 0 Å². The van der Waals surface area contributed by atoms with Crippen molar-refractivity contribution in [3.8, 4) is 0 Å². The van der Waals surface area contributed by atoms with Crippen molar-refractivity contribution in [3.63, 3.8) is 0 Å². The van der Waals surface area contributed by atoms with Crippen LogP contribution in [-0.4, -0.2) is 5.78 Å². The van der Waals surface area contributed by atoms with Crippen LogP contribution < -0.4 is 0 Å². The van der Waals surface area contributed by atoms with Gasteiger partial charge in [0, 0.05) is 12.0 Å². The van der Waals surface area contributed by atoms with E-state index in [9.17, 15) is 4.79 Å². The second kappa shape index (κ2) is 5.83. The third kappa shape index (κ3) is 3.31. The number of rotatable bonds is 4. The molecule has 2 aromatic rings. The summed E-state index contributed by atoms with van der Waals surface area (Å²) in [6.07, 6.45) is 0.563. The van der Waals surface area contributed by atoms with Crippen molar-refractivity contribution in [2.45, 2.75) is 33.1 Å². The minimum Gasteiger partial charge on any atom is -0.294 e. The molecule has 0 aromatic heterocycles. The van der Waals surface area contributed by atoms with Gasteiger partial charge in [-0.2, -0.15) is 0 Å². The summed E-state index contributed by atoms with van der Waals surface area (Å²) in [6, 6.07) is 16.1. The molecule has 0 aliphatic carbocycles. The zero-order chi connectivity index (χ0) is 13.8. The Morgan fingerprint density at radius 1 is 1.00 bits per heavy atom. The third-order valence-electron chi connectivity index (χ3n) is 3.58. The lowest BCUT2D eigenvalue weighted by molar-refractivity contribution is 0.0975. The first kappa shape index (κ1) is 13.5. The van der Waals surface area contributed by atoms with Crippen LogP contribution in [0.3, 0.4) is 0 Å². The molecule has 0 aliphatic rings. The highest BCUT2D eigenvalue weighted by Crippen LogP contribution is 2.24. The zero-order valence-corrected chi connectivity index (χ0v) is 11.8. The second-order valence-corrected chi connectivity index (χ2v) is 5.25. The van der Waals surface area contributed by atoms with E-state index in [1.165, 1.54) is 16.7 Å². The van der Waals surface area contributed by atoms with Gasteiger partial charge >= 0.3 is 0 Å². The summed E-state index contributed by atoms with van der Waals surface area (Å²) in [4.78, 5) is 12.3. The number of Topliss-reactive ketones (excluding diaryl/α,β-unsaturated/α-hetero) is 1. The van der Waals surface area contributed by atoms with Crippen LogP contribution >= 0.6 is 0 Å². The lowest BCUT2D eigenvalue weighted by atomic mass is 9.90. The molecule has 2 aromatic carbocycles. The highest BCUT2D eigenvalue weighted by Gasteiger charge is 2.14. The molecule has 0 radical (unpaired) electrons. The fourth-order valence-corrected chi connectivity index (χ4v) is 2.39. The van der Waals surface area contributed by atoms with Crippen LogP contribution in [-0.2, 0) is 0 Å². The van der Waals surface area contributed by atoms with E-state index in [1.807, 2.05) is 43.3 Å². The molecule has 0 N–H and O–H groups in total. The highest BCUT2D eigenvalue weighted by atomic mass is 16.1. The normalized spacial score (nSPS) is 12.2. The molecule has 1 atom stereocenters. The van der Waals surface area contributed by atoms with Crippen molar-refractivity contribution in [1.29, 1.82) is 0 Å². The van der Waals surface area contributed by atoms with Gasteiger partial charge in [0.15, 0.2) is 5.78 Å². The summed E-state index contributed by atoms with van der Waals surface area (Å²) in [5.74, 6) is 0.478. The Morgan fingerprint density at radius 3 is 2.26 bits per heavy atom. The Labute approximate surface area is 115 Å². The summed E-state index contributed by atoms with van der Waals surface area (Å²) in [5, 5.41) is 0. The van der Waals surface area contributed by atoms with E-state index in [0.717, 1.165) is 5.56 Å². The number of ketones is 1. The number of hydrogen-bond acceptors (Lipinski definition) is 1. The van der Waals surface area contributed by atoms with Crippen molar-refractivity contribution < 1.29 is 4.79 Å². The van der Waals surface area contributed by atoms with Crippen molar-refractivity contribution in [3.05, 3.63) is 70.8 Å². The summed E-state index contributed by atoms with van der Waals surface area (Å²) in [6.45, 7) is 6.25. The number of benzene rings is 2. The number of aryl methyl sites for hydroxylation is 2. The monoisotopic (exact) mass is 252 g/mol. The Balaban J connectivity index is 2.11. The maximum atomic E-state index is 12.3. The Hall–Kier alpha value is -1.89. The molecule has 0 saturated heterocycles. The first-order chi connectivity index (χ1) is 9.08. The van der Waals surface area contributed by atoms with E-state index < -0.39 is 0 Å². The Bertz CT molecular complexity index is 566. The number of carbonyl (C=O) groups excluding carboxylic acids is 1. The van der Waals surface area contributed by atoms with E-state index in [4.69, 9.17) is 0 Å². The van der Waals surface area contributed by atoms with E-state index in [-0.39, 0.29) is 11.7 Å². The molecule has 0 unspecified atom stereocenters. The third-order valence-corrected chi connectivity index (χ3v) is 3.58. The zero-order valence-electron chi connectivity index (χ0n) is 11.8. The first-order valence-electron chi connectivity index (χ1n) is 6.73. The molecule has 0 bridgehead atoms. The molecule has 0 fully saturated rings. The molecule has 1 heteroatoms. The van der Waals surface area contributed by atoms with Gasteiger partial charge in [-0.05, 0) is 30.9 Å². The van der Waals surface area contributed by atoms with Crippen LogP contribution in [0, 0.1) is 13.8 Å². The molecule has 0 amide bonds. The van der Waals surface area contributed by atoms with Crippen LogP contribution in [0.5, 0.6) is 0 Å². The molecular weight excluding hydrogens is 232 g/mol. The SMILES string of the molecule is Cc1ccc(C(=O)C[C@@H](C)c2ccccc2C)cc1. The molecule has 98 valence electrons. The van der Waals surface area contributed by atoms with Crippen LogP contribution in [0.25, 0.3) is 0 Å². The Morgan fingerprint density at radius 2 is 1.63 bits per heavy atom. The fraction of sp³-hybridized carbons (Fsp3) is 0.278. The van der Waals surface area contributed by atoms with Crippen molar-refractivity contribution >= 4 is 5.78 Å². The lowest BCUT2D eigenvalue weighted by Gasteiger charge is -2.14. The Kier molecular flexibility index (Phi) is 4.16. The lowest BCUT2D eigenvalue weighted by Crippen LogP contribution is -2.06. The van der Waals surface area contributed by atoms with Gasteiger partial charge in [0.05, 0.1) is 0 Å². The van der Waals surface area contributed by atoms with E-state index in [2.05, 4.69) is 26.0 Å². The summed E-state index contributed by atoms with van der Waals surface area (Å²) in [7, 11) is 0. The maximum Gasteiger partial charge on any atom is 0.163 e. The van der Waals surface area contributed by atoms with E-state index >= 15 is 0 Å². The van der Waals surface area contributed by atoms with Crippen LogP contribution in [0.1, 0.15) is 46.3 Å². The maximum absolute atomic E-state index is 12.3. The molecule has 0 spiro atoms. The van der Waals surface area contributed by atoms with Crippen molar-refractivity contribution in [2.24, 2.45) is 0 Å². The number of carbonyl (C=O) groups is 1. The van der Waals surface area contributed by atoms with Gasteiger partial charge in [-0.3, -0.25) is 4.79 Å². The predicted octanol–water partition coefficient (Wildman–Crippen LogP) is 4.68. The molecule has 1 nitrogen and oxygen atoms in total. The van der Waals surface area contributed by atoms with Gasteiger partial charge < -0.3 is 0 Å². The van der Waals surface area contributed by atoms with Gasteiger partial charge in [-0.25, -0.2) is 0 Å². The van der Waals surface area contributed by atoms with Crippen LogP contribution in [0.4, 0.5) is 0 Å². The topological polar surface area (TPSA) is 17.1 Å². The van der Waals surface area contributed by atoms with Crippen molar-refractivity contribution in [2.75, 3.05) is 0 Å². The first-order valence-corrected chi connectivity index (χ1v) is 6.73. The minimum atomic E-state index is 0.218. The van der Waals surface area contributed by atoms with Crippen LogP contribution in [0.2, 0.25) is 0 Å². The molecule has 19 heavy (non-hydrogen) atoms. The highest BCUT2D eigenvalue weighted by molar-refractivity contribution is 5.96. The number of hydrogen-bond donors (Lipinski definition) is 0. The molecule has 2 rings (SSSR count). The van der Waals surface area contributed by atoms with Gasteiger partial charge in [0.1, 0.15) is 0 Å². The molecular formula is C18H20O. The summed E-state index contributed by atoms with van der Waals surface area (Å²) in [5.41, 5.74) is 4.52. The van der Waals surface area contributed by atoms with E-state index in [1.54, 1.807) is 0 Å².